The summed E-state index contributed by atoms with van der Waals surface area (Å²) in [6, 6.07) is 5.29. The van der Waals surface area contributed by atoms with Gasteiger partial charge in [-0.05, 0) is 24.5 Å². The van der Waals surface area contributed by atoms with E-state index in [-0.39, 0.29) is 17.7 Å². The number of carbonyl (C=O) groups excluding carboxylic acids is 2. The number of ether oxygens (including phenoxy) is 2. The van der Waals surface area contributed by atoms with Crippen LogP contribution in [0, 0.1) is 11.8 Å². The second-order valence-electron chi connectivity index (χ2n) is 6.48. The molecule has 130 valence electrons. The summed E-state index contributed by atoms with van der Waals surface area (Å²) in [4.78, 5) is 28.8. The molecule has 0 aromatic heterocycles. The Kier molecular flexibility index (Phi) is 4.64. The van der Waals surface area contributed by atoms with Crippen molar-refractivity contribution in [3.63, 3.8) is 0 Å². The summed E-state index contributed by atoms with van der Waals surface area (Å²) >= 11 is 0. The quantitative estimate of drug-likeness (QED) is 0.841. The van der Waals surface area contributed by atoms with E-state index in [1.54, 1.807) is 30.2 Å². The molecule has 24 heavy (non-hydrogen) atoms. The van der Waals surface area contributed by atoms with Crippen LogP contribution in [0.15, 0.2) is 18.2 Å². The largest absolute Gasteiger partial charge is 0.493 e. The van der Waals surface area contributed by atoms with Gasteiger partial charge in [0.2, 0.25) is 5.91 Å². The Morgan fingerprint density at radius 3 is 2.21 bits per heavy atom. The van der Waals surface area contributed by atoms with Crippen LogP contribution >= 0.6 is 0 Å². The predicted molar refractivity (Wildman–Crippen MR) is 89.3 cm³/mol. The van der Waals surface area contributed by atoms with E-state index in [9.17, 15) is 9.59 Å². The van der Waals surface area contributed by atoms with Gasteiger partial charge in [-0.15, -0.1) is 0 Å². The number of hydrogen-bond donors (Lipinski definition) is 0. The molecule has 2 fully saturated rings. The maximum Gasteiger partial charge on any atom is 0.257 e. The van der Waals surface area contributed by atoms with Gasteiger partial charge in [-0.25, -0.2) is 0 Å². The minimum Gasteiger partial charge on any atom is -0.493 e. The third-order valence-corrected chi connectivity index (χ3v) is 4.94. The first kappa shape index (κ1) is 16.6. The van der Waals surface area contributed by atoms with E-state index in [0.717, 1.165) is 6.42 Å². The molecule has 2 atom stereocenters. The van der Waals surface area contributed by atoms with Crippen LogP contribution in [0.1, 0.15) is 23.7 Å². The summed E-state index contributed by atoms with van der Waals surface area (Å²) in [6.45, 7) is 4.40. The first-order valence-electron chi connectivity index (χ1n) is 8.35. The van der Waals surface area contributed by atoms with Crippen LogP contribution < -0.4 is 9.47 Å². The van der Waals surface area contributed by atoms with E-state index < -0.39 is 0 Å². The Morgan fingerprint density at radius 2 is 1.67 bits per heavy atom. The summed E-state index contributed by atoms with van der Waals surface area (Å²) in [5.74, 6) is 1.87. The van der Waals surface area contributed by atoms with Gasteiger partial charge in [0.25, 0.3) is 5.91 Å². The summed E-state index contributed by atoms with van der Waals surface area (Å²) < 4.78 is 10.6. The highest BCUT2D eigenvalue weighted by Gasteiger charge is 2.42. The average molecular weight is 332 g/mol. The van der Waals surface area contributed by atoms with E-state index in [2.05, 4.69) is 6.92 Å². The van der Waals surface area contributed by atoms with Gasteiger partial charge in [0.15, 0.2) is 11.5 Å². The molecule has 2 amide bonds. The van der Waals surface area contributed by atoms with Crippen LogP contribution in [0.3, 0.4) is 0 Å². The zero-order valence-corrected chi connectivity index (χ0v) is 14.4. The van der Waals surface area contributed by atoms with Gasteiger partial charge in [0.1, 0.15) is 0 Å². The van der Waals surface area contributed by atoms with Crippen molar-refractivity contribution in [1.82, 2.24) is 9.80 Å². The number of rotatable bonds is 4. The van der Waals surface area contributed by atoms with Crippen molar-refractivity contribution in [3.05, 3.63) is 23.8 Å². The minimum atomic E-state index is -0.0855. The lowest BCUT2D eigenvalue weighted by atomic mass is 10.1. The number of para-hydroxylation sites is 1. The van der Waals surface area contributed by atoms with Gasteiger partial charge in [-0.2, -0.15) is 0 Å². The summed E-state index contributed by atoms with van der Waals surface area (Å²) in [5, 5.41) is 0. The molecule has 3 rings (SSSR count). The summed E-state index contributed by atoms with van der Waals surface area (Å²) in [6.07, 6.45) is 0.999. The number of methoxy groups -OCH3 is 2. The highest BCUT2D eigenvalue weighted by Crippen LogP contribution is 2.39. The lowest BCUT2D eigenvalue weighted by Gasteiger charge is -2.35. The molecule has 0 radical (unpaired) electrons. The standard InChI is InChI=1S/C18H24N2O4/c1-12-11-14(12)18(22)20-9-7-19(8-10-20)17(21)13-5-4-6-15(23-2)16(13)24-3/h4-6,12,14H,7-11H2,1-3H3/t12-,14+/m1/s1. The van der Waals surface area contributed by atoms with Crippen molar-refractivity contribution < 1.29 is 19.1 Å². The van der Waals surface area contributed by atoms with Crippen molar-refractivity contribution >= 4 is 11.8 Å². The molecule has 0 bridgehead atoms. The predicted octanol–water partition coefficient (Wildman–Crippen LogP) is 1.64. The molecule has 6 heteroatoms. The fraction of sp³-hybridized carbons (Fsp3) is 0.556. The van der Waals surface area contributed by atoms with Crippen molar-refractivity contribution in [3.8, 4) is 11.5 Å². The topological polar surface area (TPSA) is 59.1 Å². The third-order valence-electron chi connectivity index (χ3n) is 4.94. The molecule has 1 aromatic rings. The van der Waals surface area contributed by atoms with Crippen LogP contribution in [0.5, 0.6) is 11.5 Å². The Balaban J connectivity index is 1.66. The van der Waals surface area contributed by atoms with Crippen LogP contribution in [0.2, 0.25) is 0 Å². The molecule has 1 aromatic carbocycles. The first-order valence-corrected chi connectivity index (χ1v) is 8.35. The highest BCUT2D eigenvalue weighted by molar-refractivity contribution is 5.98. The number of carbonyl (C=O) groups is 2. The van der Waals surface area contributed by atoms with Crippen molar-refractivity contribution in [1.29, 1.82) is 0 Å². The number of amides is 2. The van der Waals surface area contributed by atoms with Gasteiger partial charge in [0, 0.05) is 32.1 Å². The van der Waals surface area contributed by atoms with Gasteiger partial charge in [-0.1, -0.05) is 13.0 Å². The molecular formula is C18H24N2O4. The molecule has 0 N–H and O–H groups in total. The molecular weight excluding hydrogens is 308 g/mol. The lowest BCUT2D eigenvalue weighted by Crippen LogP contribution is -2.51. The molecule has 0 unspecified atom stereocenters. The number of nitrogens with zero attached hydrogens (tertiary/aromatic N) is 2. The Bertz CT molecular complexity index is 638. The van der Waals surface area contributed by atoms with Crippen LogP contribution in [0.4, 0.5) is 0 Å². The summed E-state index contributed by atoms with van der Waals surface area (Å²) in [5.41, 5.74) is 0.493. The zero-order chi connectivity index (χ0) is 17.3. The molecule has 1 aliphatic carbocycles. The van der Waals surface area contributed by atoms with Gasteiger partial charge < -0.3 is 19.3 Å². The van der Waals surface area contributed by atoms with Gasteiger partial charge >= 0.3 is 0 Å². The number of piperazine rings is 1. The van der Waals surface area contributed by atoms with E-state index in [0.29, 0.717) is 49.2 Å². The van der Waals surface area contributed by atoms with Gasteiger partial charge in [0.05, 0.1) is 19.8 Å². The normalized spacial score (nSPS) is 23.0. The Labute approximate surface area is 142 Å². The van der Waals surface area contributed by atoms with Crippen LogP contribution in [-0.4, -0.2) is 62.0 Å². The Morgan fingerprint density at radius 1 is 1.04 bits per heavy atom. The molecule has 0 spiro atoms. The van der Waals surface area contributed by atoms with Crippen molar-refractivity contribution in [2.75, 3.05) is 40.4 Å². The van der Waals surface area contributed by atoms with Crippen molar-refractivity contribution in [2.24, 2.45) is 11.8 Å². The number of hydrogen-bond acceptors (Lipinski definition) is 4. The maximum atomic E-state index is 12.8. The van der Waals surface area contributed by atoms with E-state index in [1.165, 1.54) is 7.11 Å². The molecule has 1 saturated heterocycles. The monoisotopic (exact) mass is 332 g/mol. The summed E-state index contributed by atoms with van der Waals surface area (Å²) in [7, 11) is 3.08. The average Bonchev–Trinajstić information content (AvgIpc) is 3.36. The highest BCUT2D eigenvalue weighted by atomic mass is 16.5. The van der Waals surface area contributed by atoms with Crippen LogP contribution in [0.25, 0.3) is 0 Å². The fourth-order valence-electron chi connectivity index (χ4n) is 3.26. The third kappa shape index (κ3) is 3.05. The smallest absolute Gasteiger partial charge is 0.257 e. The fourth-order valence-corrected chi connectivity index (χ4v) is 3.26. The Hall–Kier alpha value is -2.24. The molecule has 1 aliphatic heterocycles. The van der Waals surface area contributed by atoms with Crippen LogP contribution in [-0.2, 0) is 4.79 Å². The van der Waals surface area contributed by atoms with E-state index in [1.807, 2.05) is 4.90 Å². The molecule has 1 heterocycles. The SMILES string of the molecule is COc1cccc(C(=O)N2CCN(C(=O)[C@H]3C[C@H]3C)CC2)c1OC. The zero-order valence-electron chi connectivity index (χ0n) is 14.4. The second kappa shape index (κ2) is 6.71. The van der Waals surface area contributed by atoms with E-state index in [4.69, 9.17) is 9.47 Å². The van der Waals surface area contributed by atoms with Gasteiger partial charge in [-0.3, -0.25) is 9.59 Å². The number of benzene rings is 1. The molecule has 6 nitrogen and oxygen atoms in total. The lowest BCUT2D eigenvalue weighted by molar-refractivity contribution is -0.134. The second-order valence-corrected chi connectivity index (χ2v) is 6.48. The molecule has 1 saturated carbocycles. The maximum absolute atomic E-state index is 12.8. The minimum absolute atomic E-state index is 0.0855. The molecule has 2 aliphatic rings. The van der Waals surface area contributed by atoms with E-state index >= 15 is 0 Å². The first-order chi connectivity index (χ1) is 11.6. The van der Waals surface area contributed by atoms with Crippen molar-refractivity contribution in [2.45, 2.75) is 13.3 Å².